The van der Waals surface area contributed by atoms with Crippen LogP contribution in [0, 0.1) is 11.7 Å². The van der Waals surface area contributed by atoms with Gasteiger partial charge in [-0.15, -0.1) is 0 Å². The SMILES string of the molecule is CCOC(=O)c1cn([C@H](CCC(C)(C)[Si](C)(C)O)C(C)C)c2nc(OC)c(Cc3cccc(Cl)c3F)nc2c1=O. The number of carbonyl (C=O) groups is 1. The van der Waals surface area contributed by atoms with Gasteiger partial charge in [0.1, 0.15) is 17.1 Å². The number of carbonyl (C=O) groups excluding carboxylic acids is 1. The molecule has 0 aliphatic carbocycles. The molecule has 2 heterocycles. The molecule has 3 aromatic rings. The van der Waals surface area contributed by atoms with Gasteiger partial charge in [-0.2, -0.15) is 4.98 Å². The maximum Gasteiger partial charge on any atom is 0.343 e. The summed E-state index contributed by atoms with van der Waals surface area (Å²) < 4.78 is 27.3. The standard InChI is InChI=1S/C29H39ClFN3O5Si/c1-9-39-28(36)19-16-34(22(17(2)3)13-14-29(4,5)40(7,8)37)26-24(25(19)35)32-21(27(33-26)38-6)15-18-11-10-12-20(30)23(18)31/h10-12,16-17,22,37H,9,13-15H2,1-8H3/t22-/m1/s1. The van der Waals surface area contributed by atoms with Gasteiger partial charge in [-0.25, -0.2) is 14.2 Å². The molecule has 0 aliphatic rings. The monoisotopic (exact) mass is 591 g/mol. The number of aromatic nitrogens is 3. The van der Waals surface area contributed by atoms with Gasteiger partial charge in [-0.05, 0) is 55.4 Å². The van der Waals surface area contributed by atoms with E-state index in [0.717, 1.165) is 0 Å². The van der Waals surface area contributed by atoms with Crippen molar-refractivity contribution in [3.63, 3.8) is 0 Å². The molecule has 0 aliphatic heterocycles. The molecule has 1 aromatic carbocycles. The van der Waals surface area contributed by atoms with Crippen LogP contribution in [0.25, 0.3) is 11.2 Å². The van der Waals surface area contributed by atoms with Crippen molar-refractivity contribution >= 4 is 37.1 Å². The molecule has 218 valence electrons. The Bertz CT molecular complexity index is 1450. The lowest BCUT2D eigenvalue weighted by Gasteiger charge is -2.37. The van der Waals surface area contributed by atoms with Gasteiger partial charge in [0, 0.05) is 18.7 Å². The van der Waals surface area contributed by atoms with Crippen LogP contribution >= 0.6 is 11.6 Å². The first-order valence-electron chi connectivity index (χ1n) is 13.4. The van der Waals surface area contributed by atoms with Crippen LogP contribution in [-0.2, 0) is 11.2 Å². The molecule has 11 heteroatoms. The smallest absolute Gasteiger partial charge is 0.343 e. The summed E-state index contributed by atoms with van der Waals surface area (Å²) in [7, 11) is -1.05. The third-order valence-electron chi connectivity index (χ3n) is 7.81. The number of hydrogen-bond acceptors (Lipinski definition) is 7. The minimum Gasteiger partial charge on any atom is -0.480 e. The van der Waals surface area contributed by atoms with Crippen LogP contribution in [0.5, 0.6) is 5.88 Å². The number of hydrogen-bond donors (Lipinski definition) is 1. The van der Waals surface area contributed by atoms with E-state index in [1.165, 1.54) is 19.4 Å². The summed E-state index contributed by atoms with van der Waals surface area (Å²) in [6, 6.07) is 4.45. The summed E-state index contributed by atoms with van der Waals surface area (Å²) in [6.07, 6.45) is 2.83. The summed E-state index contributed by atoms with van der Waals surface area (Å²) in [4.78, 5) is 46.6. The predicted molar refractivity (Wildman–Crippen MR) is 157 cm³/mol. The van der Waals surface area contributed by atoms with Gasteiger partial charge >= 0.3 is 5.97 Å². The third kappa shape index (κ3) is 6.55. The van der Waals surface area contributed by atoms with Crippen molar-refractivity contribution in [2.75, 3.05) is 13.7 Å². The Balaban J connectivity index is 2.27. The number of benzene rings is 1. The Morgan fingerprint density at radius 1 is 1.25 bits per heavy atom. The van der Waals surface area contributed by atoms with E-state index in [1.807, 2.05) is 26.9 Å². The van der Waals surface area contributed by atoms with Gasteiger partial charge in [0.2, 0.25) is 11.3 Å². The zero-order valence-corrected chi connectivity index (χ0v) is 26.2. The fourth-order valence-corrected chi connectivity index (χ4v) is 5.47. The maximum absolute atomic E-state index is 14.7. The van der Waals surface area contributed by atoms with E-state index in [2.05, 4.69) is 23.8 Å². The zero-order chi connectivity index (χ0) is 30.0. The number of esters is 1. The van der Waals surface area contributed by atoms with Gasteiger partial charge in [-0.1, -0.05) is 51.4 Å². The highest BCUT2D eigenvalue weighted by Crippen LogP contribution is 2.42. The Hall–Kier alpha value is -2.82. The minimum absolute atomic E-state index is 0.0282. The second kappa shape index (κ2) is 12.4. The molecular weight excluding hydrogens is 553 g/mol. The van der Waals surface area contributed by atoms with E-state index < -0.39 is 25.5 Å². The highest BCUT2D eigenvalue weighted by Gasteiger charge is 2.38. The average molecular weight is 592 g/mol. The van der Waals surface area contributed by atoms with Crippen LogP contribution in [0.3, 0.4) is 0 Å². The topological polar surface area (TPSA) is 104 Å². The molecular formula is C29H39ClFN3O5Si. The van der Waals surface area contributed by atoms with Crippen molar-refractivity contribution < 1.29 is 23.5 Å². The van der Waals surface area contributed by atoms with E-state index in [4.69, 9.17) is 21.1 Å². The van der Waals surface area contributed by atoms with E-state index in [-0.39, 0.29) is 68.9 Å². The molecule has 0 fully saturated rings. The largest absolute Gasteiger partial charge is 0.480 e. The Labute approximate surface area is 240 Å². The van der Waals surface area contributed by atoms with E-state index >= 15 is 0 Å². The first kappa shape index (κ1) is 31.7. The van der Waals surface area contributed by atoms with Crippen LogP contribution in [0.15, 0.2) is 29.2 Å². The van der Waals surface area contributed by atoms with Gasteiger partial charge < -0.3 is 18.8 Å². The molecule has 0 bridgehead atoms. The second-order valence-electron chi connectivity index (χ2n) is 11.5. The molecule has 8 nitrogen and oxygen atoms in total. The van der Waals surface area contributed by atoms with Crippen molar-refractivity contribution in [3.8, 4) is 5.88 Å². The molecule has 40 heavy (non-hydrogen) atoms. The molecule has 1 N–H and O–H groups in total. The van der Waals surface area contributed by atoms with Gasteiger partial charge in [0.25, 0.3) is 0 Å². The minimum atomic E-state index is -2.48. The first-order valence-corrected chi connectivity index (χ1v) is 16.8. The zero-order valence-electron chi connectivity index (χ0n) is 24.5. The van der Waals surface area contributed by atoms with E-state index in [0.29, 0.717) is 12.8 Å². The predicted octanol–water partition coefficient (Wildman–Crippen LogP) is 6.32. The van der Waals surface area contributed by atoms with Crippen molar-refractivity contribution in [2.45, 2.75) is 78.1 Å². The van der Waals surface area contributed by atoms with Gasteiger partial charge in [0.15, 0.2) is 19.5 Å². The molecule has 0 spiro atoms. The molecule has 0 saturated carbocycles. The van der Waals surface area contributed by atoms with Crippen LogP contribution in [0.2, 0.25) is 23.2 Å². The Morgan fingerprint density at radius 2 is 1.93 bits per heavy atom. The first-order chi connectivity index (χ1) is 18.6. The fourth-order valence-electron chi connectivity index (χ4n) is 4.52. The van der Waals surface area contributed by atoms with Crippen LogP contribution in [0.4, 0.5) is 4.39 Å². The lowest BCUT2D eigenvalue weighted by atomic mass is 9.94. The summed E-state index contributed by atoms with van der Waals surface area (Å²) in [5.74, 6) is -1.14. The maximum atomic E-state index is 14.7. The number of rotatable bonds is 11. The van der Waals surface area contributed by atoms with Gasteiger partial charge in [-0.3, -0.25) is 4.79 Å². The molecule has 0 saturated heterocycles. The normalized spacial score (nSPS) is 13.1. The quantitative estimate of drug-likeness (QED) is 0.206. The summed E-state index contributed by atoms with van der Waals surface area (Å²) in [6.45, 7) is 13.8. The number of fused-ring (bicyclic) bond motifs is 1. The number of halogens is 2. The Morgan fingerprint density at radius 3 is 2.50 bits per heavy atom. The number of ether oxygens (including phenoxy) is 2. The molecule has 0 amide bonds. The molecule has 2 aromatic heterocycles. The molecule has 3 rings (SSSR count). The highest BCUT2D eigenvalue weighted by atomic mass is 35.5. The summed E-state index contributed by atoms with van der Waals surface area (Å²) in [5.41, 5.74) is -0.0712. The fraction of sp³-hybridized carbons (Fsp3) is 0.517. The van der Waals surface area contributed by atoms with Gasteiger partial charge in [0.05, 0.1) is 18.7 Å². The van der Waals surface area contributed by atoms with Crippen molar-refractivity contribution in [1.29, 1.82) is 0 Å². The van der Waals surface area contributed by atoms with Crippen LogP contribution in [0.1, 0.15) is 75.1 Å². The van der Waals surface area contributed by atoms with Crippen LogP contribution in [-0.4, -0.2) is 47.3 Å². The summed E-state index contributed by atoms with van der Waals surface area (Å²) >= 11 is 5.97. The third-order valence-corrected chi connectivity index (χ3v) is 11.7. The van der Waals surface area contributed by atoms with E-state index in [1.54, 1.807) is 23.6 Å². The average Bonchev–Trinajstić information content (AvgIpc) is 2.87. The second-order valence-corrected chi connectivity index (χ2v) is 16.4. The molecule has 0 radical (unpaired) electrons. The number of nitrogens with zero attached hydrogens (tertiary/aromatic N) is 3. The van der Waals surface area contributed by atoms with Crippen molar-refractivity contribution in [3.05, 3.63) is 62.3 Å². The lowest BCUT2D eigenvalue weighted by molar-refractivity contribution is 0.0523. The summed E-state index contributed by atoms with van der Waals surface area (Å²) in [5, 5.41) is -0.315. The highest BCUT2D eigenvalue weighted by molar-refractivity contribution is 6.72. The number of pyridine rings is 1. The molecule has 0 unspecified atom stereocenters. The lowest BCUT2D eigenvalue weighted by Crippen LogP contribution is -2.39. The van der Waals surface area contributed by atoms with Crippen LogP contribution < -0.4 is 10.2 Å². The van der Waals surface area contributed by atoms with Crippen molar-refractivity contribution in [2.24, 2.45) is 5.92 Å². The molecule has 1 atom stereocenters. The van der Waals surface area contributed by atoms with E-state index in [9.17, 15) is 18.8 Å². The van der Waals surface area contributed by atoms with Crippen molar-refractivity contribution in [1.82, 2.24) is 14.5 Å². The Kier molecular flexibility index (Phi) is 9.80. The number of methoxy groups -OCH3 is 1.